The van der Waals surface area contributed by atoms with Gasteiger partial charge in [-0.2, -0.15) is 10.2 Å². The minimum atomic E-state index is -2.63. The van der Waals surface area contributed by atoms with Crippen molar-refractivity contribution in [2.45, 2.75) is 83.6 Å². The van der Waals surface area contributed by atoms with Crippen LogP contribution in [0.25, 0.3) is 11.1 Å². The molecular weight excluding hydrogens is 574 g/mol. The monoisotopic (exact) mass is 614 g/mol. The lowest BCUT2D eigenvalue weighted by Gasteiger charge is -2.37. The van der Waals surface area contributed by atoms with Gasteiger partial charge in [0.1, 0.15) is 5.82 Å². The number of aromatic nitrogens is 4. The number of nitrogens with zero attached hydrogens (tertiary/aromatic N) is 6. The van der Waals surface area contributed by atoms with Gasteiger partial charge in [0.05, 0.1) is 37.2 Å². The Bertz CT molecular complexity index is 1670. The lowest BCUT2D eigenvalue weighted by Crippen LogP contribution is -2.35. The molecule has 1 amide bonds. The Hall–Kier alpha value is -4.05. The van der Waals surface area contributed by atoms with E-state index >= 15 is 0 Å². The summed E-state index contributed by atoms with van der Waals surface area (Å²) in [5.41, 5.74) is 6.32. The Morgan fingerprint density at radius 1 is 1.07 bits per heavy atom. The van der Waals surface area contributed by atoms with Crippen LogP contribution in [0.2, 0.25) is 0 Å². The fourth-order valence-corrected chi connectivity index (χ4v) is 7.29. The Kier molecular flexibility index (Phi) is 8.16. The first-order valence-corrected chi connectivity index (χ1v) is 16.1. The number of carbonyl (C=O) groups excluding carboxylic acids is 1. The van der Waals surface area contributed by atoms with Gasteiger partial charge in [-0.25, -0.2) is 13.5 Å². The highest BCUT2D eigenvalue weighted by Gasteiger charge is 2.35. The van der Waals surface area contributed by atoms with Crippen LogP contribution in [0.3, 0.4) is 0 Å². The number of hydrogen-bond donors (Lipinski definition) is 0. The zero-order valence-electron chi connectivity index (χ0n) is 26.0. The summed E-state index contributed by atoms with van der Waals surface area (Å²) in [7, 11) is 1.79. The molecule has 7 rings (SSSR count). The third kappa shape index (κ3) is 5.88. The molecule has 2 aromatic heterocycles. The maximum Gasteiger partial charge on any atom is 0.264 e. The van der Waals surface area contributed by atoms with E-state index in [-0.39, 0.29) is 23.6 Å². The smallest absolute Gasteiger partial charge is 0.264 e. The van der Waals surface area contributed by atoms with Crippen LogP contribution in [-0.2, 0) is 42.6 Å². The molecule has 0 bridgehead atoms. The van der Waals surface area contributed by atoms with Crippen LogP contribution < -0.4 is 4.90 Å². The predicted molar refractivity (Wildman–Crippen MR) is 168 cm³/mol. The number of ether oxygens (including phenoxy) is 1. The molecule has 3 aliphatic rings. The highest BCUT2D eigenvalue weighted by atomic mass is 19.3. The number of carbonyl (C=O) groups is 1. The molecule has 0 radical (unpaired) electrons. The molecule has 10 heteroatoms. The summed E-state index contributed by atoms with van der Waals surface area (Å²) in [5.74, 6) is 0.996. The van der Waals surface area contributed by atoms with Gasteiger partial charge in [0, 0.05) is 62.1 Å². The van der Waals surface area contributed by atoms with Gasteiger partial charge in [-0.3, -0.25) is 9.48 Å². The molecule has 2 aliphatic heterocycles. The molecule has 8 nitrogen and oxygen atoms in total. The van der Waals surface area contributed by atoms with Gasteiger partial charge in [0.15, 0.2) is 0 Å². The molecule has 236 valence electrons. The van der Waals surface area contributed by atoms with E-state index in [2.05, 4.69) is 26.8 Å². The zero-order valence-corrected chi connectivity index (χ0v) is 26.0. The third-order valence-electron chi connectivity index (χ3n) is 9.67. The van der Waals surface area contributed by atoms with Crippen LogP contribution in [0.5, 0.6) is 0 Å². The number of fused-ring (bicyclic) bond motifs is 2. The van der Waals surface area contributed by atoms with E-state index in [1.807, 2.05) is 29.2 Å². The number of aryl methyl sites for hydroxylation is 2. The van der Waals surface area contributed by atoms with E-state index in [1.54, 1.807) is 37.1 Å². The predicted octanol–water partition coefficient (Wildman–Crippen LogP) is 6.91. The van der Waals surface area contributed by atoms with Crippen LogP contribution >= 0.6 is 0 Å². The van der Waals surface area contributed by atoms with Crippen molar-refractivity contribution in [1.29, 1.82) is 0 Å². The van der Waals surface area contributed by atoms with Crippen LogP contribution in [-0.4, -0.2) is 49.6 Å². The number of hydrogen-bond acceptors (Lipinski definition) is 5. The number of alkyl halides is 2. The summed E-state index contributed by atoms with van der Waals surface area (Å²) >= 11 is 0. The van der Waals surface area contributed by atoms with Crippen LogP contribution in [0.1, 0.15) is 79.4 Å². The third-order valence-corrected chi connectivity index (χ3v) is 9.67. The van der Waals surface area contributed by atoms with Crippen molar-refractivity contribution in [2.24, 2.45) is 7.05 Å². The zero-order chi connectivity index (χ0) is 31.1. The number of benzene rings is 2. The summed E-state index contributed by atoms with van der Waals surface area (Å²) in [6, 6.07) is 14.1. The van der Waals surface area contributed by atoms with E-state index in [4.69, 9.17) is 9.84 Å². The average Bonchev–Trinajstić information content (AvgIpc) is 3.66. The minimum absolute atomic E-state index is 0.00928. The molecule has 2 aromatic carbocycles. The van der Waals surface area contributed by atoms with Crippen molar-refractivity contribution in [3.63, 3.8) is 0 Å². The van der Waals surface area contributed by atoms with E-state index in [1.165, 1.54) is 5.56 Å². The SMILES string of the molecule is CC(=O)N1CCc2nn(C3CCC(OCc4ccccc4)CC3)c(N3CCCc4cc(-c5cnn(C)c5)c(C(F)F)cc43)c2C1. The number of amides is 1. The van der Waals surface area contributed by atoms with Gasteiger partial charge in [0.2, 0.25) is 5.91 Å². The molecular formula is C35H40F2N6O2. The van der Waals surface area contributed by atoms with Crippen molar-refractivity contribution in [1.82, 2.24) is 24.5 Å². The van der Waals surface area contributed by atoms with E-state index in [0.29, 0.717) is 43.8 Å². The molecule has 4 heterocycles. The second-order valence-corrected chi connectivity index (χ2v) is 12.6. The largest absolute Gasteiger partial charge is 0.374 e. The normalized spacial score (nSPS) is 19.9. The lowest BCUT2D eigenvalue weighted by molar-refractivity contribution is -0.129. The molecule has 1 saturated carbocycles. The summed E-state index contributed by atoms with van der Waals surface area (Å²) in [4.78, 5) is 16.6. The standard InChI is InChI=1S/C35H40F2N6O2/c1-23(44)41-16-14-32-31(21-41)35(43(39-32)27-10-12-28(13-11-27)45-22-24-7-4-3-5-8-24)42-15-6-9-25-17-29(26-19-38-40(2)20-26)30(34(36)37)18-33(25)42/h3-5,7-8,17-20,27-28,34H,6,9-16,21-22H2,1-2H3. The van der Waals surface area contributed by atoms with Crippen LogP contribution in [0, 0.1) is 0 Å². The van der Waals surface area contributed by atoms with Gasteiger partial charge in [0.25, 0.3) is 6.43 Å². The van der Waals surface area contributed by atoms with Gasteiger partial charge >= 0.3 is 0 Å². The molecule has 1 aliphatic carbocycles. The molecule has 45 heavy (non-hydrogen) atoms. The fraction of sp³-hybridized carbons (Fsp3) is 0.457. The van der Waals surface area contributed by atoms with Crippen molar-refractivity contribution in [3.05, 3.63) is 82.8 Å². The van der Waals surface area contributed by atoms with E-state index in [0.717, 1.165) is 66.9 Å². The van der Waals surface area contributed by atoms with Gasteiger partial charge in [-0.05, 0) is 67.3 Å². The van der Waals surface area contributed by atoms with Gasteiger partial charge < -0.3 is 14.5 Å². The Labute approximate surface area is 262 Å². The maximum atomic E-state index is 14.6. The number of rotatable bonds is 7. The minimum Gasteiger partial charge on any atom is -0.374 e. The molecule has 0 atom stereocenters. The van der Waals surface area contributed by atoms with Crippen molar-refractivity contribution < 1.29 is 18.3 Å². The van der Waals surface area contributed by atoms with Crippen LogP contribution in [0.15, 0.2) is 54.9 Å². The Balaban J connectivity index is 1.23. The summed E-state index contributed by atoms with van der Waals surface area (Å²) in [5, 5.41) is 9.43. The topological polar surface area (TPSA) is 68.4 Å². The molecule has 0 N–H and O–H groups in total. The first kappa shape index (κ1) is 29.6. The van der Waals surface area contributed by atoms with E-state index < -0.39 is 6.43 Å². The molecule has 1 fully saturated rings. The second kappa shape index (κ2) is 12.4. The quantitative estimate of drug-likeness (QED) is 0.226. The number of anilines is 2. The summed E-state index contributed by atoms with van der Waals surface area (Å²) in [6.07, 6.45) is 7.10. The lowest BCUT2D eigenvalue weighted by atomic mass is 9.92. The summed E-state index contributed by atoms with van der Waals surface area (Å²) in [6.45, 7) is 4.04. The average molecular weight is 615 g/mol. The van der Waals surface area contributed by atoms with Crippen LogP contribution in [0.4, 0.5) is 20.3 Å². The van der Waals surface area contributed by atoms with Crippen molar-refractivity contribution in [3.8, 4) is 11.1 Å². The first-order chi connectivity index (χ1) is 21.9. The highest BCUT2D eigenvalue weighted by molar-refractivity contribution is 5.78. The van der Waals surface area contributed by atoms with Gasteiger partial charge in [-0.1, -0.05) is 30.3 Å². The first-order valence-electron chi connectivity index (χ1n) is 16.1. The Morgan fingerprint density at radius 2 is 1.87 bits per heavy atom. The van der Waals surface area contributed by atoms with E-state index in [9.17, 15) is 13.6 Å². The fourth-order valence-electron chi connectivity index (χ4n) is 7.29. The second-order valence-electron chi connectivity index (χ2n) is 12.6. The molecule has 0 spiro atoms. The molecule has 0 saturated heterocycles. The van der Waals surface area contributed by atoms with Crippen molar-refractivity contribution in [2.75, 3.05) is 18.0 Å². The summed E-state index contributed by atoms with van der Waals surface area (Å²) < 4.78 is 39.4. The number of halogens is 2. The van der Waals surface area contributed by atoms with Crippen molar-refractivity contribution >= 4 is 17.4 Å². The van der Waals surface area contributed by atoms with Gasteiger partial charge in [-0.15, -0.1) is 0 Å². The highest BCUT2D eigenvalue weighted by Crippen LogP contribution is 2.45. The molecule has 0 unspecified atom stereocenters. The maximum absolute atomic E-state index is 14.6. The molecule has 4 aromatic rings. The Morgan fingerprint density at radius 3 is 2.58 bits per heavy atom.